The van der Waals surface area contributed by atoms with E-state index in [2.05, 4.69) is 48.3 Å². The average molecular weight is 319 g/mol. The molecule has 4 nitrogen and oxygen atoms in total. The highest BCUT2D eigenvalue weighted by Crippen LogP contribution is 2.25. The quantitative estimate of drug-likeness (QED) is 0.697. The Kier molecular flexibility index (Phi) is 8.28. The van der Waals surface area contributed by atoms with Gasteiger partial charge in [0.2, 0.25) is 5.91 Å². The molecule has 0 radical (unpaired) electrons. The fourth-order valence-corrected chi connectivity index (χ4v) is 2.87. The molecule has 0 aliphatic heterocycles. The molecule has 0 spiro atoms. The van der Waals surface area contributed by atoms with E-state index in [1.54, 1.807) is 0 Å². The van der Waals surface area contributed by atoms with Crippen LogP contribution in [0.15, 0.2) is 24.3 Å². The Morgan fingerprint density at radius 2 is 1.74 bits per heavy atom. The summed E-state index contributed by atoms with van der Waals surface area (Å²) in [5.41, 5.74) is 7.84. The minimum atomic E-state index is -0.432. The Bertz CT molecular complexity index is 471. The van der Waals surface area contributed by atoms with E-state index < -0.39 is 5.41 Å². The first kappa shape index (κ1) is 19.7. The molecule has 0 aliphatic carbocycles. The Morgan fingerprint density at radius 3 is 2.26 bits per heavy atom. The van der Waals surface area contributed by atoms with Crippen LogP contribution < -0.4 is 11.1 Å². The maximum absolute atomic E-state index is 12.5. The number of nitrogens with two attached hydrogens (primary N) is 1. The number of amides is 1. The molecule has 4 heteroatoms. The molecule has 0 aromatic heterocycles. The lowest BCUT2D eigenvalue weighted by Gasteiger charge is -2.28. The minimum Gasteiger partial charge on any atom is -0.352 e. The summed E-state index contributed by atoms with van der Waals surface area (Å²) < 4.78 is 0. The standard InChI is InChI=1S/C19H33N3O/c1-5-19(6-2,15-20)18(23)21-13-16-10-9-11-17(12-16)14-22(7-3)8-4/h9-12H,5-8,13-15,20H2,1-4H3,(H,21,23). The summed E-state index contributed by atoms with van der Waals surface area (Å²) in [5.74, 6) is 0.0687. The van der Waals surface area contributed by atoms with Crippen molar-refractivity contribution in [1.29, 1.82) is 0 Å². The summed E-state index contributed by atoms with van der Waals surface area (Å²) in [6.45, 7) is 12.4. The first-order chi connectivity index (χ1) is 11.0. The van der Waals surface area contributed by atoms with E-state index in [0.717, 1.165) is 38.0 Å². The fourth-order valence-electron chi connectivity index (χ4n) is 2.87. The van der Waals surface area contributed by atoms with Gasteiger partial charge in [0.15, 0.2) is 0 Å². The normalized spacial score (nSPS) is 11.7. The van der Waals surface area contributed by atoms with Crippen molar-refractivity contribution in [2.75, 3.05) is 19.6 Å². The third-order valence-corrected chi connectivity index (χ3v) is 4.97. The zero-order valence-electron chi connectivity index (χ0n) is 15.2. The van der Waals surface area contributed by atoms with Gasteiger partial charge >= 0.3 is 0 Å². The molecular weight excluding hydrogens is 286 g/mol. The number of rotatable bonds is 10. The van der Waals surface area contributed by atoms with Gasteiger partial charge in [-0.05, 0) is 37.1 Å². The van der Waals surface area contributed by atoms with Crippen LogP contribution in [0.5, 0.6) is 0 Å². The molecule has 0 unspecified atom stereocenters. The van der Waals surface area contributed by atoms with E-state index in [1.807, 2.05) is 13.8 Å². The summed E-state index contributed by atoms with van der Waals surface area (Å²) in [4.78, 5) is 14.9. The van der Waals surface area contributed by atoms with Gasteiger partial charge in [0.25, 0.3) is 0 Å². The molecule has 130 valence electrons. The van der Waals surface area contributed by atoms with Crippen LogP contribution >= 0.6 is 0 Å². The highest BCUT2D eigenvalue weighted by atomic mass is 16.2. The summed E-state index contributed by atoms with van der Waals surface area (Å²) in [6.07, 6.45) is 1.54. The molecule has 0 aliphatic rings. The van der Waals surface area contributed by atoms with Gasteiger partial charge < -0.3 is 11.1 Å². The van der Waals surface area contributed by atoms with Crippen LogP contribution in [0.4, 0.5) is 0 Å². The van der Waals surface area contributed by atoms with Gasteiger partial charge in [-0.15, -0.1) is 0 Å². The second-order valence-electron chi connectivity index (χ2n) is 6.16. The number of nitrogens with zero attached hydrogens (tertiary/aromatic N) is 1. The second-order valence-corrected chi connectivity index (χ2v) is 6.16. The van der Waals surface area contributed by atoms with Crippen molar-refractivity contribution in [3.8, 4) is 0 Å². The summed E-state index contributed by atoms with van der Waals surface area (Å²) >= 11 is 0. The fraction of sp³-hybridized carbons (Fsp3) is 0.632. The maximum Gasteiger partial charge on any atom is 0.227 e. The third kappa shape index (κ3) is 5.33. The van der Waals surface area contributed by atoms with Crippen molar-refractivity contribution < 1.29 is 4.79 Å². The van der Waals surface area contributed by atoms with E-state index in [1.165, 1.54) is 5.56 Å². The molecule has 0 saturated heterocycles. The molecule has 1 amide bonds. The largest absolute Gasteiger partial charge is 0.352 e. The zero-order chi connectivity index (χ0) is 17.3. The molecule has 0 saturated carbocycles. The van der Waals surface area contributed by atoms with Gasteiger partial charge in [-0.2, -0.15) is 0 Å². The monoisotopic (exact) mass is 319 g/mol. The van der Waals surface area contributed by atoms with Gasteiger partial charge in [-0.3, -0.25) is 9.69 Å². The van der Waals surface area contributed by atoms with Crippen molar-refractivity contribution in [3.05, 3.63) is 35.4 Å². The number of carbonyl (C=O) groups excluding carboxylic acids is 1. The first-order valence-corrected chi connectivity index (χ1v) is 8.83. The Hall–Kier alpha value is -1.39. The van der Waals surface area contributed by atoms with Crippen LogP contribution in [0.3, 0.4) is 0 Å². The number of nitrogens with one attached hydrogen (secondary N) is 1. The lowest BCUT2D eigenvalue weighted by molar-refractivity contribution is -0.131. The molecule has 0 heterocycles. The van der Waals surface area contributed by atoms with E-state index in [4.69, 9.17) is 5.73 Å². The lowest BCUT2D eigenvalue weighted by Crippen LogP contribution is -2.45. The Morgan fingerprint density at radius 1 is 1.13 bits per heavy atom. The highest BCUT2D eigenvalue weighted by molar-refractivity contribution is 5.82. The van der Waals surface area contributed by atoms with Crippen molar-refractivity contribution in [2.24, 2.45) is 11.1 Å². The van der Waals surface area contributed by atoms with Gasteiger partial charge in [-0.25, -0.2) is 0 Å². The van der Waals surface area contributed by atoms with Crippen LogP contribution in [0, 0.1) is 5.41 Å². The molecule has 0 fully saturated rings. The number of carbonyl (C=O) groups is 1. The molecule has 1 aromatic carbocycles. The smallest absolute Gasteiger partial charge is 0.227 e. The van der Waals surface area contributed by atoms with Crippen molar-refractivity contribution >= 4 is 5.91 Å². The predicted molar refractivity (Wildman–Crippen MR) is 97.0 cm³/mol. The molecular formula is C19H33N3O. The predicted octanol–water partition coefficient (Wildman–Crippen LogP) is 2.91. The topological polar surface area (TPSA) is 58.4 Å². The van der Waals surface area contributed by atoms with E-state index in [9.17, 15) is 4.79 Å². The van der Waals surface area contributed by atoms with Crippen LogP contribution in [0.1, 0.15) is 51.7 Å². The Balaban J connectivity index is 2.69. The average Bonchev–Trinajstić information content (AvgIpc) is 2.60. The van der Waals surface area contributed by atoms with Gasteiger partial charge in [0, 0.05) is 19.6 Å². The highest BCUT2D eigenvalue weighted by Gasteiger charge is 2.32. The number of hydrogen-bond acceptors (Lipinski definition) is 3. The summed E-state index contributed by atoms with van der Waals surface area (Å²) in [5, 5.41) is 3.07. The lowest BCUT2D eigenvalue weighted by atomic mass is 9.81. The third-order valence-electron chi connectivity index (χ3n) is 4.97. The minimum absolute atomic E-state index is 0.0687. The van der Waals surface area contributed by atoms with Crippen LogP contribution in [-0.4, -0.2) is 30.4 Å². The second kappa shape index (κ2) is 9.68. The first-order valence-electron chi connectivity index (χ1n) is 8.83. The Labute approximate surface area is 141 Å². The number of benzene rings is 1. The van der Waals surface area contributed by atoms with Gasteiger partial charge in [0.05, 0.1) is 5.41 Å². The molecule has 3 N–H and O–H groups in total. The van der Waals surface area contributed by atoms with Gasteiger partial charge in [-0.1, -0.05) is 52.0 Å². The van der Waals surface area contributed by atoms with Crippen LogP contribution in [0.25, 0.3) is 0 Å². The summed E-state index contributed by atoms with van der Waals surface area (Å²) in [7, 11) is 0. The van der Waals surface area contributed by atoms with Crippen LogP contribution in [0.2, 0.25) is 0 Å². The van der Waals surface area contributed by atoms with Crippen molar-refractivity contribution in [1.82, 2.24) is 10.2 Å². The van der Waals surface area contributed by atoms with Gasteiger partial charge in [0.1, 0.15) is 0 Å². The molecule has 0 bridgehead atoms. The molecule has 0 atom stereocenters. The number of hydrogen-bond donors (Lipinski definition) is 2. The SMILES string of the molecule is CCN(CC)Cc1cccc(CNC(=O)C(CC)(CC)CN)c1. The molecule has 1 aromatic rings. The van der Waals surface area contributed by atoms with E-state index in [0.29, 0.717) is 13.1 Å². The molecule has 1 rings (SSSR count). The maximum atomic E-state index is 12.5. The zero-order valence-corrected chi connectivity index (χ0v) is 15.2. The van der Waals surface area contributed by atoms with E-state index in [-0.39, 0.29) is 5.91 Å². The van der Waals surface area contributed by atoms with Crippen molar-refractivity contribution in [2.45, 2.75) is 53.6 Å². The van der Waals surface area contributed by atoms with E-state index >= 15 is 0 Å². The van der Waals surface area contributed by atoms with Crippen LogP contribution in [-0.2, 0) is 17.9 Å². The molecule has 23 heavy (non-hydrogen) atoms. The van der Waals surface area contributed by atoms with Crippen molar-refractivity contribution in [3.63, 3.8) is 0 Å². The summed E-state index contributed by atoms with van der Waals surface area (Å²) in [6, 6.07) is 8.46.